The van der Waals surface area contributed by atoms with Crippen LogP contribution in [0.2, 0.25) is 0 Å². The minimum Gasteiger partial charge on any atom is -0.426 e. The number of ether oxygens (including phenoxy) is 1. The Morgan fingerprint density at radius 2 is 2.00 bits per heavy atom. The Balaban J connectivity index is 1.94. The maximum absolute atomic E-state index is 11.9. The van der Waals surface area contributed by atoms with Gasteiger partial charge in [-0.05, 0) is 35.5 Å². The van der Waals surface area contributed by atoms with Gasteiger partial charge in [0.15, 0.2) is 0 Å². The lowest BCUT2D eigenvalue weighted by Crippen LogP contribution is -2.37. The second-order valence-corrected chi connectivity index (χ2v) is 4.96. The molecule has 0 aliphatic carbocycles. The number of nitrogens with two attached hydrogens (primary N) is 1. The normalized spacial score (nSPS) is 10.3. The Bertz CT molecular complexity index is 704. The maximum Gasteiger partial charge on any atom is 0.315 e. The van der Waals surface area contributed by atoms with Gasteiger partial charge in [-0.2, -0.15) is 5.10 Å². The van der Waals surface area contributed by atoms with Crippen LogP contribution in [-0.2, 0) is 11.2 Å². The van der Waals surface area contributed by atoms with Crippen molar-refractivity contribution in [1.82, 2.24) is 10.9 Å². The highest BCUT2D eigenvalue weighted by Crippen LogP contribution is 2.13. The lowest BCUT2D eigenvalue weighted by atomic mass is 10.1. The summed E-state index contributed by atoms with van der Waals surface area (Å²) in [4.78, 5) is 11.9. The number of nitrogens with zero attached hydrogens (tertiary/aromatic N) is 1. The Hall–Kier alpha value is -2.77. The van der Waals surface area contributed by atoms with Gasteiger partial charge in [-0.25, -0.2) is 5.84 Å². The van der Waals surface area contributed by atoms with Crippen molar-refractivity contribution in [2.24, 2.45) is 10.9 Å². The molecule has 0 radical (unpaired) electrons. The highest BCUT2D eigenvalue weighted by atomic mass is 32.1. The van der Waals surface area contributed by atoms with Gasteiger partial charge < -0.3 is 4.74 Å². The van der Waals surface area contributed by atoms with E-state index in [0.717, 1.165) is 11.1 Å². The molecule has 2 rings (SSSR count). The minimum absolute atomic E-state index is 0.201. The van der Waals surface area contributed by atoms with Crippen molar-refractivity contribution in [3.8, 4) is 5.75 Å². The molecule has 2 aromatic rings. The van der Waals surface area contributed by atoms with Crippen molar-refractivity contribution < 1.29 is 9.53 Å². The summed E-state index contributed by atoms with van der Waals surface area (Å²) in [5, 5.41) is 4.10. The van der Waals surface area contributed by atoms with Crippen LogP contribution in [0.5, 0.6) is 5.75 Å². The number of benzene rings is 2. The largest absolute Gasteiger partial charge is 0.426 e. The summed E-state index contributed by atoms with van der Waals surface area (Å²) in [5.74, 6) is 5.24. The van der Waals surface area contributed by atoms with E-state index >= 15 is 0 Å². The van der Waals surface area contributed by atoms with Crippen LogP contribution in [-0.4, -0.2) is 17.3 Å². The SMILES string of the molecule is NNC(=S)NN=Cc1cccc(OC(=O)Cc2ccccc2)c1. The molecule has 0 bridgehead atoms. The van der Waals surface area contributed by atoms with Gasteiger partial charge in [-0.1, -0.05) is 42.5 Å². The van der Waals surface area contributed by atoms with Gasteiger partial charge in [-0.15, -0.1) is 0 Å². The summed E-state index contributed by atoms with van der Waals surface area (Å²) in [6.07, 6.45) is 1.76. The molecule has 2 aromatic carbocycles. The van der Waals surface area contributed by atoms with Gasteiger partial charge in [0.05, 0.1) is 12.6 Å². The minimum atomic E-state index is -0.322. The highest BCUT2D eigenvalue weighted by molar-refractivity contribution is 7.80. The molecule has 0 aliphatic rings. The second-order valence-electron chi connectivity index (χ2n) is 4.55. The van der Waals surface area contributed by atoms with E-state index < -0.39 is 0 Å². The summed E-state index contributed by atoms with van der Waals surface area (Å²) >= 11 is 4.79. The first-order valence-corrected chi connectivity index (χ1v) is 7.22. The molecule has 0 unspecified atom stereocenters. The van der Waals surface area contributed by atoms with Crippen LogP contribution in [0, 0.1) is 0 Å². The average molecular weight is 328 g/mol. The van der Waals surface area contributed by atoms with Gasteiger partial charge in [0.2, 0.25) is 5.11 Å². The third-order valence-corrected chi connectivity index (χ3v) is 3.00. The smallest absolute Gasteiger partial charge is 0.315 e. The van der Waals surface area contributed by atoms with Gasteiger partial charge in [0.25, 0.3) is 0 Å². The van der Waals surface area contributed by atoms with Gasteiger partial charge in [0, 0.05) is 0 Å². The third kappa shape index (κ3) is 5.85. The monoisotopic (exact) mass is 328 g/mol. The molecular weight excluding hydrogens is 312 g/mol. The molecule has 0 aliphatic heterocycles. The zero-order valence-corrected chi connectivity index (χ0v) is 13.0. The van der Waals surface area contributed by atoms with Crippen molar-refractivity contribution >= 4 is 29.5 Å². The van der Waals surface area contributed by atoms with E-state index in [-0.39, 0.29) is 17.5 Å². The fourth-order valence-corrected chi connectivity index (χ4v) is 1.84. The summed E-state index contributed by atoms with van der Waals surface area (Å²) in [5.41, 5.74) is 6.44. The Labute approximate surface area is 139 Å². The molecule has 0 atom stereocenters. The Kier molecular flexibility index (Phi) is 6.22. The fourth-order valence-electron chi connectivity index (χ4n) is 1.79. The van der Waals surface area contributed by atoms with Crippen LogP contribution in [0.1, 0.15) is 11.1 Å². The number of rotatable bonds is 5. The standard InChI is InChI=1S/C16H16N4O2S/c17-19-16(23)20-18-11-13-7-4-8-14(9-13)22-15(21)10-12-5-2-1-3-6-12/h1-9,11H,10,17H2,(H2,19,20,23). The fraction of sp³-hybridized carbons (Fsp3) is 0.0625. The lowest BCUT2D eigenvalue weighted by Gasteiger charge is -2.05. The van der Waals surface area contributed by atoms with Crippen molar-refractivity contribution in [2.45, 2.75) is 6.42 Å². The van der Waals surface area contributed by atoms with Crippen LogP contribution < -0.4 is 21.4 Å². The van der Waals surface area contributed by atoms with E-state index in [0.29, 0.717) is 5.75 Å². The molecule has 0 saturated heterocycles. The summed E-state index contributed by atoms with van der Waals surface area (Å²) in [6.45, 7) is 0. The first-order valence-electron chi connectivity index (χ1n) is 6.81. The van der Waals surface area contributed by atoms with Crippen molar-refractivity contribution in [2.75, 3.05) is 0 Å². The van der Waals surface area contributed by atoms with E-state index in [9.17, 15) is 4.79 Å². The quantitative estimate of drug-likeness (QED) is 0.193. The molecule has 7 heteroatoms. The Morgan fingerprint density at radius 1 is 1.22 bits per heavy atom. The number of hydrazine groups is 1. The molecule has 118 valence electrons. The number of nitrogens with one attached hydrogen (secondary N) is 2. The van der Waals surface area contributed by atoms with E-state index in [1.54, 1.807) is 18.2 Å². The molecule has 0 amide bonds. The first kappa shape index (κ1) is 16.6. The predicted molar refractivity (Wildman–Crippen MR) is 92.9 cm³/mol. The average Bonchev–Trinajstić information content (AvgIpc) is 2.56. The van der Waals surface area contributed by atoms with Crippen LogP contribution in [0.25, 0.3) is 0 Å². The van der Waals surface area contributed by atoms with Crippen molar-refractivity contribution in [1.29, 1.82) is 0 Å². The molecule has 0 saturated carbocycles. The van der Waals surface area contributed by atoms with Crippen LogP contribution in [0.3, 0.4) is 0 Å². The van der Waals surface area contributed by atoms with E-state index in [1.807, 2.05) is 36.4 Å². The van der Waals surface area contributed by atoms with Crippen LogP contribution in [0.4, 0.5) is 0 Å². The third-order valence-electron chi connectivity index (χ3n) is 2.79. The summed E-state index contributed by atoms with van der Waals surface area (Å²) in [7, 11) is 0. The van der Waals surface area contributed by atoms with E-state index in [1.165, 1.54) is 6.21 Å². The van der Waals surface area contributed by atoms with Gasteiger partial charge >= 0.3 is 5.97 Å². The number of carbonyl (C=O) groups excluding carboxylic acids is 1. The van der Waals surface area contributed by atoms with E-state index in [4.69, 9.17) is 22.8 Å². The van der Waals surface area contributed by atoms with Gasteiger partial charge in [-0.3, -0.25) is 15.6 Å². The number of esters is 1. The molecule has 6 nitrogen and oxygen atoms in total. The molecule has 0 spiro atoms. The molecule has 0 aromatic heterocycles. The maximum atomic E-state index is 11.9. The number of hydrogen-bond acceptors (Lipinski definition) is 5. The van der Waals surface area contributed by atoms with Crippen molar-refractivity contribution in [3.63, 3.8) is 0 Å². The topological polar surface area (TPSA) is 88.7 Å². The highest BCUT2D eigenvalue weighted by Gasteiger charge is 2.06. The van der Waals surface area contributed by atoms with Crippen LogP contribution >= 0.6 is 12.2 Å². The zero-order chi connectivity index (χ0) is 16.5. The summed E-state index contributed by atoms with van der Waals surface area (Å²) in [6, 6.07) is 16.4. The van der Waals surface area contributed by atoms with Crippen LogP contribution in [0.15, 0.2) is 59.7 Å². The number of carbonyl (C=O) groups is 1. The zero-order valence-electron chi connectivity index (χ0n) is 12.2. The Morgan fingerprint density at radius 3 is 2.74 bits per heavy atom. The first-order chi connectivity index (χ1) is 11.2. The molecule has 0 heterocycles. The second kappa shape index (κ2) is 8.62. The lowest BCUT2D eigenvalue weighted by molar-refractivity contribution is -0.133. The predicted octanol–water partition coefficient (Wildman–Crippen LogP) is 1.51. The number of thiocarbonyl (C=S) groups is 1. The van der Waals surface area contributed by atoms with Gasteiger partial charge in [0.1, 0.15) is 5.75 Å². The molecule has 0 fully saturated rings. The number of hydrogen-bond donors (Lipinski definition) is 3. The van der Waals surface area contributed by atoms with Crippen molar-refractivity contribution in [3.05, 3.63) is 65.7 Å². The number of hydrazone groups is 1. The molecule has 23 heavy (non-hydrogen) atoms. The summed E-state index contributed by atoms with van der Waals surface area (Å²) < 4.78 is 5.33. The molecule has 4 N–H and O–H groups in total. The van der Waals surface area contributed by atoms with E-state index in [2.05, 4.69) is 16.0 Å². The molecular formula is C16H16N4O2S.